The van der Waals surface area contributed by atoms with Gasteiger partial charge in [0.2, 0.25) is 0 Å². The highest BCUT2D eigenvalue weighted by Gasteiger charge is 2.56. The third-order valence-electron chi connectivity index (χ3n) is 3.43. The number of halogens is 2. The molecule has 1 saturated carbocycles. The zero-order chi connectivity index (χ0) is 14.2. The second kappa shape index (κ2) is 4.64. The van der Waals surface area contributed by atoms with Crippen LogP contribution in [0.15, 0.2) is 0 Å². The van der Waals surface area contributed by atoms with Gasteiger partial charge in [0.1, 0.15) is 5.60 Å². The molecule has 0 bridgehead atoms. The molecular formula is C12H22F2N2O2. The van der Waals surface area contributed by atoms with Gasteiger partial charge in [0.15, 0.2) is 0 Å². The Kier molecular flexibility index (Phi) is 3.91. The maximum absolute atomic E-state index is 13.0. The van der Waals surface area contributed by atoms with Crippen LogP contribution in [0.4, 0.5) is 13.6 Å². The molecule has 1 aliphatic rings. The van der Waals surface area contributed by atoms with Gasteiger partial charge in [0.25, 0.3) is 6.43 Å². The minimum absolute atomic E-state index is 0.448. The fraction of sp³-hybridized carbons (Fsp3) is 0.917. The van der Waals surface area contributed by atoms with Crippen LogP contribution in [0.3, 0.4) is 0 Å². The minimum atomic E-state index is -2.70. The molecule has 3 N–H and O–H groups in total. The number of nitrogens with one attached hydrogen (secondary N) is 1. The van der Waals surface area contributed by atoms with Gasteiger partial charge in [-0.3, -0.25) is 0 Å². The second-order valence-electron chi connectivity index (χ2n) is 6.15. The number of alkyl carbamates (subject to hydrolysis) is 1. The van der Waals surface area contributed by atoms with E-state index in [1.54, 1.807) is 20.8 Å². The summed E-state index contributed by atoms with van der Waals surface area (Å²) in [5, 5.41) is 2.54. The first kappa shape index (κ1) is 15.1. The van der Waals surface area contributed by atoms with Crippen LogP contribution < -0.4 is 11.1 Å². The molecule has 18 heavy (non-hydrogen) atoms. The number of hydrogen-bond donors (Lipinski definition) is 2. The molecule has 0 aliphatic heterocycles. The Morgan fingerprint density at radius 2 is 1.83 bits per heavy atom. The van der Waals surface area contributed by atoms with Crippen LogP contribution >= 0.6 is 0 Å². The molecule has 1 aliphatic carbocycles. The first-order chi connectivity index (χ1) is 8.00. The molecule has 0 aromatic rings. The molecule has 4 nitrogen and oxygen atoms in total. The summed E-state index contributed by atoms with van der Waals surface area (Å²) in [5.41, 5.74) is 2.22. The summed E-state index contributed by atoms with van der Waals surface area (Å²) in [7, 11) is 0. The summed E-state index contributed by atoms with van der Waals surface area (Å²) in [6, 6.07) is 0. The lowest BCUT2D eigenvalue weighted by Crippen LogP contribution is -2.73. The van der Waals surface area contributed by atoms with Crippen molar-refractivity contribution in [2.45, 2.75) is 70.1 Å². The van der Waals surface area contributed by atoms with Crippen LogP contribution in [-0.4, -0.2) is 29.2 Å². The molecular weight excluding hydrogens is 242 g/mol. The first-order valence-corrected chi connectivity index (χ1v) is 6.08. The fourth-order valence-electron chi connectivity index (χ4n) is 2.04. The molecule has 0 aromatic carbocycles. The Balaban J connectivity index is 2.76. The summed E-state index contributed by atoms with van der Waals surface area (Å²) in [5.74, 6) is 0. The highest BCUT2D eigenvalue weighted by Crippen LogP contribution is 2.42. The lowest BCUT2D eigenvalue weighted by atomic mass is 9.64. The van der Waals surface area contributed by atoms with Crippen LogP contribution in [0.2, 0.25) is 0 Å². The van der Waals surface area contributed by atoms with Crippen molar-refractivity contribution in [1.82, 2.24) is 5.32 Å². The van der Waals surface area contributed by atoms with E-state index in [4.69, 9.17) is 10.5 Å². The third kappa shape index (κ3) is 2.91. The third-order valence-corrected chi connectivity index (χ3v) is 3.43. The molecule has 1 unspecified atom stereocenters. The number of amides is 1. The summed E-state index contributed by atoms with van der Waals surface area (Å²) in [4.78, 5) is 11.7. The average Bonchev–Trinajstić information content (AvgIpc) is 2.07. The molecule has 1 rings (SSSR count). The van der Waals surface area contributed by atoms with E-state index in [-0.39, 0.29) is 0 Å². The zero-order valence-electron chi connectivity index (χ0n) is 11.3. The van der Waals surface area contributed by atoms with E-state index < -0.39 is 29.2 Å². The van der Waals surface area contributed by atoms with E-state index in [1.165, 1.54) is 6.92 Å². The van der Waals surface area contributed by atoms with Crippen molar-refractivity contribution in [3.63, 3.8) is 0 Å². The van der Waals surface area contributed by atoms with Gasteiger partial charge < -0.3 is 15.8 Å². The van der Waals surface area contributed by atoms with Gasteiger partial charge in [-0.05, 0) is 47.0 Å². The molecule has 1 fully saturated rings. The number of hydrogen-bond acceptors (Lipinski definition) is 3. The monoisotopic (exact) mass is 264 g/mol. The first-order valence-electron chi connectivity index (χ1n) is 6.08. The fourth-order valence-corrected chi connectivity index (χ4v) is 2.04. The van der Waals surface area contributed by atoms with Crippen molar-refractivity contribution in [2.24, 2.45) is 5.73 Å². The summed E-state index contributed by atoms with van der Waals surface area (Å²) in [6.45, 7) is 6.42. The maximum Gasteiger partial charge on any atom is 0.408 e. The second-order valence-corrected chi connectivity index (χ2v) is 6.15. The van der Waals surface area contributed by atoms with E-state index in [1.807, 2.05) is 0 Å². The smallest absolute Gasteiger partial charge is 0.408 e. The molecule has 0 aromatic heterocycles. The normalized spacial score (nSPS) is 22.0. The largest absolute Gasteiger partial charge is 0.444 e. The number of alkyl halides is 2. The van der Waals surface area contributed by atoms with Crippen LogP contribution in [0, 0.1) is 0 Å². The molecule has 1 atom stereocenters. The van der Waals surface area contributed by atoms with Crippen LogP contribution in [0.25, 0.3) is 0 Å². The highest BCUT2D eigenvalue weighted by atomic mass is 19.3. The molecule has 6 heteroatoms. The minimum Gasteiger partial charge on any atom is -0.444 e. The molecule has 106 valence electrons. The van der Waals surface area contributed by atoms with E-state index in [9.17, 15) is 13.6 Å². The molecule has 0 spiro atoms. The van der Waals surface area contributed by atoms with Crippen molar-refractivity contribution in [3.05, 3.63) is 0 Å². The van der Waals surface area contributed by atoms with Gasteiger partial charge >= 0.3 is 6.09 Å². The molecule has 0 radical (unpaired) electrons. The van der Waals surface area contributed by atoms with Gasteiger partial charge in [-0.2, -0.15) is 0 Å². The standard InChI is InChI=1S/C12H22F2N2O2/c1-10(2,3)18-9(17)16-12(6-5-7-12)11(4,15)8(13)14/h8H,5-7,15H2,1-4H3,(H,16,17). The van der Waals surface area contributed by atoms with E-state index in [2.05, 4.69) is 5.32 Å². The Morgan fingerprint density at radius 3 is 2.11 bits per heavy atom. The Morgan fingerprint density at radius 1 is 1.33 bits per heavy atom. The predicted octanol–water partition coefficient (Wildman–Crippen LogP) is 2.42. The van der Waals surface area contributed by atoms with Gasteiger partial charge in [-0.25, -0.2) is 13.6 Å². The lowest BCUT2D eigenvalue weighted by molar-refractivity contribution is -0.0372. The van der Waals surface area contributed by atoms with Crippen molar-refractivity contribution in [3.8, 4) is 0 Å². The van der Waals surface area contributed by atoms with Crippen LogP contribution in [-0.2, 0) is 4.74 Å². The van der Waals surface area contributed by atoms with Crippen molar-refractivity contribution >= 4 is 6.09 Å². The summed E-state index contributed by atoms with van der Waals surface area (Å²) < 4.78 is 31.1. The number of ether oxygens (including phenoxy) is 1. The predicted molar refractivity (Wildman–Crippen MR) is 64.5 cm³/mol. The molecule has 1 amide bonds. The number of nitrogens with two attached hydrogens (primary N) is 1. The lowest BCUT2D eigenvalue weighted by Gasteiger charge is -2.52. The van der Waals surface area contributed by atoms with E-state index >= 15 is 0 Å². The Labute approximate surface area is 106 Å². The highest BCUT2D eigenvalue weighted by molar-refractivity contribution is 5.69. The van der Waals surface area contributed by atoms with Gasteiger partial charge in [-0.1, -0.05) is 0 Å². The van der Waals surface area contributed by atoms with Gasteiger partial charge in [0.05, 0.1) is 11.1 Å². The SMILES string of the molecule is CC(C)(C)OC(=O)NC1(C(C)(N)C(F)F)CCC1. The quantitative estimate of drug-likeness (QED) is 0.822. The van der Waals surface area contributed by atoms with Crippen molar-refractivity contribution in [1.29, 1.82) is 0 Å². The molecule has 0 saturated heterocycles. The summed E-state index contributed by atoms with van der Waals surface area (Å²) >= 11 is 0. The van der Waals surface area contributed by atoms with Crippen LogP contribution in [0.5, 0.6) is 0 Å². The molecule has 0 heterocycles. The van der Waals surface area contributed by atoms with Crippen molar-refractivity contribution in [2.75, 3.05) is 0 Å². The van der Waals surface area contributed by atoms with Gasteiger partial charge in [0, 0.05) is 0 Å². The maximum atomic E-state index is 13.0. The number of rotatable bonds is 3. The number of carbonyl (C=O) groups is 1. The Hall–Kier alpha value is -0.910. The summed E-state index contributed by atoms with van der Waals surface area (Å²) in [6.07, 6.45) is -1.73. The average molecular weight is 264 g/mol. The van der Waals surface area contributed by atoms with E-state index in [0.717, 1.165) is 6.42 Å². The number of carbonyl (C=O) groups excluding carboxylic acids is 1. The van der Waals surface area contributed by atoms with E-state index in [0.29, 0.717) is 12.8 Å². The zero-order valence-corrected chi connectivity index (χ0v) is 11.3. The van der Waals surface area contributed by atoms with Crippen molar-refractivity contribution < 1.29 is 18.3 Å². The van der Waals surface area contributed by atoms with Crippen LogP contribution in [0.1, 0.15) is 47.0 Å². The topological polar surface area (TPSA) is 64.3 Å². The van der Waals surface area contributed by atoms with Gasteiger partial charge in [-0.15, -0.1) is 0 Å². The Bertz CT molecular complexity index is 321.